The third-order valence-electron chi connectivity index (χ3n) is 6.03. The van der Waals surface area contributed by atoms with Gasteiger partial charge in [-0.25, -0.2) is 9.18 Å². The van der Waals surface area contributed by atoms with Crippen molar-refractivity contribution in [3.8, 4) is 11.5 Å². The van der Waals surface area contributed by atoms with E-state index in [9.17, 15) is 14.3 Å². The lowest BCUT2D eigenvalue weighted by Gasteiger charge is -2.40. The monoisotopic (exact) mass is 499 g/mol. The Morgan fingerprint density at radius 3 is 2.44 bits per heavy atom. The zero-order valence-corrected chi connectivity index (χ0v) is 19.4. The summed E-state index contributed by atoms with van der Waals surface area (Å²) >= 11 is 3.46. The highest BCUT2D eigenvalue weighted by molar-refractivity contribution is 9.10. The number of carboxylic acid groups (broad SMARTS) is 1. The molecule has 0 spiro atoms. The fourth-order valence-corrected chi connectivity index (χ4v) is 5.06. The minimum absolute atomic E-state index is 0.0293. The topological polar surface area (TPSA) is 67.8 Å². The first-order valence-corrected chi connectivity index (χ1v) is 10.9. The number of anilines is 1. The van der Waals surface area contributed by atoms with Crippen molar-refractivity contribution in [2.75, 3.05) is 19.5 Å². The Balaban J connectivity index is 1.95. The van der Waals surface area contributed by atoms with Crippen molar-refractivity contribution in [2.45, 2.75) is 18.9 Å². The number of rotatable bonds is 5. The Labute approximate surface area is 194 Å². The van der Waals surface area contributed by atoms with Crippen molar-refractivity contribution in [3.63, 3.8) is 0 Å². The summed E-state index contributed by atoms with van der Waals surface area (Å²) in [7, 11) is 3.16. The molecule has 2 N–H and O–H groups in total. The van der Waals surface area contributed by atoms with E-state index < -0.39 is 5.97 Å². The molecule has 0 unspecified atom stereocenters. The number of fused-ring (bicyclic) bond motifs is 1. The van der Waals surface area contributed by atoms with E-state index in [0.717, 1.165) is 16.7 Å². The van der Waals surface area contributed by atoms with E-state index in [1.54, 1.807) is 26.4 Å². The van der Waals surface area contributed by atoms with Gasteiger partial charge in [0.15, 0.2) is 11.5 Å². The lowest BCUT2D eigenvalue weighted by Crippen LogP contribution is -2.32. The Kier molecular flexibility index (Phi) is 6.11. The normalized spacial score (nSPS) is 19.6. The second-order valence-corrected chi connectivity index (χ2v) is 8.77. The van der Waals surface area contributed by atoms with Gasteiger partial charge < -0.3 is 19.9 Å². The molecule has 0 fully saturated rings. The Morgan fingerprint density at radius 2 is 1.78 bits per heavy atom. The molecular formula is C25H23BrFNO4. The molecule has 0 amide bonds. The SMILES string of the molecule is COc1ccc([C@@H]2c3cc(Br)cc(C(=O)O)c3N[C@H](c3cccc(F)c3)[C@H]2C)cc1OC. The summed E-state index contributed by atoms with van der Waals surface area (Å²) in [6.07, 6.45) is 0. The number of carbonyl (C=O) groups is 1. The highest BCUT2D eigenvalue weighted by Crippen LogP contribution is 2.50. The van der Waals surface area contributed by atoms with Gasteiger partial charge in [-0.2, -0.15) is 0 Å². The Bertz CT molecular complexity index is 1180. The van der Waals surface area contributed by atoms with Crippen molar-refractivity contribution in [1.29, 1.82) is 0 Å². The van der Waals surface area contributed by atoms with Gasteiger partial charge in [-0.05, 0) is 59.0 Å². The van der Waals surface area contributed by atoms with Crippen LogP contribution in [0.4, 0.5) is 10.1 Å². The number of carboxylic acids is 1. The molecule has 5 nitrogen and oxygen atoms in total. The van der Waals surface area contributed by atoms with E-state index in [1.807, 2.05) is 30.3 Å². The number of nitrogens with one attached hydrogen (secondary N) is 1. The average molecular weight is 500 g/mol. The van der Waals surface area contributed by atoms with Gasteiger partial charge in [0, 0.05) is 10.4 Å². The van der Waals surface area contributed by atoms with E-state index in [2.05, 4.69) is 28.2 Å². The smallest absolute Gasteiger partial charge is 0.337 e. The molecule has 7 heteroatoms. The second-order valence-electron chi connectivity index (χ2n) is 7.85. The predicted molar refractivity (Wildman–Crippen MR) is 124 cm³/mol. The van der Waals surface area contributed by atoms with Crippen LogP contribution in [-0.4, -0.2) is 25.3 Å². The summed E-state index contributed by atoms with van der Waals surface area (Å²) < 4.78 is 25.6. The molecule has 3 atom stereocenters. The molecule has 166 valence electrons. The molecule has 0 saturated carbocycles. The van der Waals surface area contributed by atoms with Crippen LogP contribution < -0.4 is 14.8 Å². The number of methoxy groups -OCH3 is 2. The number of benzene rings is 3. The van der Waals surface area contributed by atoms with E-state index in [1.165, 1.54) is 12.1 Å². The van der Waals surface area contributed by atoms with Crippen LogP contribution in [0.25, 0.3) is 0 Å². The fourth-order valence-electron chi connectivity index (χ4n) is 4.58. The Hall–Kier alpha value is -3.06. The average Bonchev–Trinajstić information content (AvgIpc) is 2.77. The number of halogens is 2. The first-order valence-electron chi connectivity index (χ1n) is 10.1. The predicted octanol–water partition coefficient (Wildman–Crippen LogP) is 6.24. The molecule has 3 aromatic carbocycles. The summed E-state index contributed by atoms with van der Waals surface area (Å²) in [5.74, 6) is -0.366. The molecule has 4 rings (SSSR count). The highest BCUT2D eigenvalue weighted by atomic mass is 79.9. The maximum absolute atomic E-state index is 14.0. The summed E-state index contributed by atoms with van der Waals surface area (Å²) in [4.78, 5) is 12.1. The first kappa shape index (κ1) is 22.1. The van der Waals surface area contributed by atoms with Gasteiger partial charge >= 0.3 is 5.97 Å². The number of hydrogen-bond donors (Lipinski definition) is 2. The van der Waals surface area contributed by atoms with Gasteiger partial charge in [0.05, 0.1) is 31.5 Å². The molecule has 32 heavy (non-hydrogen) atoms. The van der Waals surface area contributed by atoms with Crippen molar-refractivity contribution in [1.82, 2.24) is 0 Å². The zero-order chi connectivity index (χ0) is 23.0. The minimum Gasteiger partial charge on any atom is -0.493 e. The van der Waals surface area contributed by atoms with Crippen LogP contribution in [-0.2, 0) is 0 Å². The lowest BCUT2D eigenvalue weighted by atomic mass is 9.72. The molecule has 1 aliphatic heterocycles. The lowest BCUT2D eigenvalue weighted by molar-refractivity contribution is 0.0697. The third-order valence-corrected chi connectivity index (χ3v) is 6.48. The third kappa shape index (κ3) is 3.93. The molecular weight excluding hydrogens is 477 g/mol. The van der Waals surface area contributed by atoms with E-state index in [-0.39, 0.29) is 29.3 Å². The molecule has 0 aliphatic carbocycles. The van der Waals surface area contributed by atoms with Gasteiger partial charge in [0.1, 0.15) is 5.82 Å². The van der Waals surface area contributed by atoms with Gasteiger partial charge in [-0.15, -0.1) is 0 Å². The van der Waals surface area contributed by atoms with Crippen molar-refractivity contribution in [2.24, 2.45) is 5.92 Å². The molecule has 3 aromatic rings. The van der Waals surface area contributed by atoms with Crippen molar-refractivity contribution >= 4 is 27.6 Å². The summed E-state index contributed by atoms with van der Waals surface area (Å²) in [6, 6.07) is 15.4. The second kappa shape index (κ2) is 8.82. The fraction of sp³-hybridized carbons (Fsp3) is 0.240. The van der Waals surface area contributed by atoms with Crippen LogP contribution in [0.5, 0.6) is 11.5 Å². The maximum atomic E-state index is 14.0. The van der Waals surface area contributed by atoms with Crippen LogP contribution in [0, 0.1) is 11.7 Å². The van der Waals surface area contributed by atoms with Crippen molar-refractivity contribution < 1.29 is 23.8 Å². The molecule has 0 radical (unpaired) electrons. The van der Waals surface area contributed by atoms with E-state index in [0.29, 0.717) is 21.7 Å². The van der Waals surface area contributed by atoms with Crippen LogP contribution >= 0.6 is 15.9 Å². The van der Waals surface area contributed by atoms with E-state index in [4.69, 9.17) is 9.47 Å². The van der Waals surface area contributed by atoms with Gasteiger partial charge in [-0.3, -0.25) is 0 Å². The number of aromatic carboxylic acids is 1. The van der Waals surface area contributed by atoms with Crippen LogP contribution in [0.1, 0.15) is 45.9 Å². The molecule has 0 bridgehead atoms. The summed E-state index contributed by atoms with van der Waals surface area (Å²) in [5.41, 5.74) is 3.26. The van der Waals surface area contributed by atoms with Crippen LogP contribution in [0.3, 0.4) is 0 Å². The first-order chi connectivity index (χ1) is 15.3. The Morgan fingerprint density at radius 1 is 1.03 bits per heavy atom. The maximum Gasteiger partial charge on any atom is 0.337 e. The van der Waals surface area contributed by atoms with Crippen LogP contribution in [0.15, 0.2) is 59.1 Å². The molecule has 0 saturated heterocycles. The largest absolute Gasteiger partial charge is 0.493 e. The highest BCUT2D eigenvalue weighted by Gasteiger charge is 2.38. The summed E-state index contributed by atoms with van der Waals surface area (Å²) in [5, 5.41) is 13.3. The van der Waals surface area contributed by atoms with Crippen LogP contribution in [0.2, 0.25) is 0 Å². The standard InChI is InChI=1S/C25H23BrFNO4/c1-13-22(14-7-8-20(31-2)21(10-14)32-3)18-11-16(26)12-19(25(29)30)24(18)28-23(13)15-5-4-6-17(27)9-15/h4-13,22-23,28H,1-3H3,(H,29,30)/t13-,22+,23-/m0/s1. The number of hydrogen-bond acceptors (Lipinski definition) is 4. The quantitative estimate of drug-likeness (QED) is 0.434. The molecule has 1 heterocycles. The van der Waals surface area contributed by atoms with E-state index >= 15 is 0 Å². The molecule has 1 aliphatic rings. The van der Waals surface area contributed by atoms with Crippen molar-refractivity contribution in [3.05, 3.63) is 87.1 Å². The zero-order valence-electron chi connectivity index (χ0n) is 17.9. The number of ether oxygens (including phenoxy) is 2. The van der Waals surface area contributed by atoms with Gasteiger partial charge in [0.25, 0.3) is 0 Å². The van der Waals surface area contributed by atoms with Gasteiger partial charge in [0.2, 0.25) is 0 Å². The minimum atomic E-state index is -1.03. The van der Waals surface area contributed by atoms with Gasteiger partial charge in [-0.1, -0.05) is 41.1 Å². The summed E-state index contributed by atoms with van der Waals surface area (Å²) in [6.45, 7) is 2.08. The molecule has 0 aromatic heterocycles.